The lowest BCUT2D eigenvalue weighted by molar-refractivity contribution is -0.00552. The number of hydrogen-bond donors (Lipinski definition) is 2. The molecule has 0 aliphatic heterocycles. The molecule has 100 valence electrons. The standard InChI is InChI=1S/C13H21N3O2/c17-12(10-18-13-5-1-2-6-13)9-14-8-11-4-3-7-15-16-11/h3-4,7,12-14,17H,1-2,5-6,8-10H2. The molecule has 1 saturated carbocycles. The Morgan fingerprint density at radius 3 is 3.00 bits per heavy atom. The first-order chi connectivity index (χ1) is 8.84. The van der Waals surface area contributed by atoms with E-state index in [1.54, 1.807) is 6.20 Å². The molecular weight excluding hydrogens is 230 g/mol. The Kier molecular flexibility index (Phi) is 5.51. The van der Waals surface area contributed by atoms with Crippen LogP contribution in [0.25, 0.3) is 0 Å². The Morgan fingerprint density at radius 2 is 2.28 bits per heavy atom. The van der Waals surface area contributed by atoms with E-state index in [2.05, 4.69) is 15.5 Å². The van der Waals surface area contributed by atoms with Crippen LogP contribution >= 0.6 is 0 Å². The van der Waals surface area contributed by atoms with E-state index < -0.39 is 6.10 Å². The lowest BCUT2D eigenvalue weighted by atomic mass is 10.3. The topological polar surface area (TPSA) is 67.3 Å². The molecule has 0 radical (unpaired) electrons. The summed E-state index contributed by atoms with van der Waals surface area (Å²) in [5.41, 5.74) is 0.876. The van der Waals surface area contributed by atoms with Crippen LogP contribution in [0.5, 0.6) is 0 Å². The zero-order valence-electron chi connectivity index (χ0n) is 10.6. The van der Waals surface area contributed by atoms with Crippen LogP contribution in [0, 0.1) is 0 Å². The van der Waals surface area contributed by atoms with E-state index in [9.17, 15) is 5.11 Å². The van der Waals surface area contributed by atoms with Crippen LogP contribution in [0.1, 0.15) is 31.4 Å². The van der Waals surface area contributed by atoms with Gasteiger partial charge in [-0.25, -0.2) is 0 Å². The van der Waals surface area contributed by atoms with Crippen molar-refractivity contribution < 1.29 is 9.84 Å². The number of aromatic nitrogens is 2. The molecule has 1 unspecified atom stereocenters. The van der Waals surface area contributed by atoms with Gasteiger partial charge in [0.15, 0.2) is 0 Å². The van der Waals surface area contributed by atoms with E-state index in [1.165, 1.54) is 12.8 Å². The fourth-order valence-electron chi connectivity index (χ4n) is 2.16. The van der Waals surface area contributed by atoms with Gasteiger partial charge in [0, 0.05) is 19.3 Å². The van der Waals surface area contributed by atoms with Crippen LogP contribution in [0.4, 0.5) is 0 Å². The van der Waals surface area contributed by atoms with Gasteiger partial charge in [0.2, 0.25) is 0 Å². The molecule has 18 heavy (non-hydrogen) atoms. The Balaban J connectivity index is 1.55. The quantitative estimate of drug-likeness (QED) is 0.753. The summed E-state index contributed by atoms with van der Waals surface area (Å²) in [5.74, 6) is 0. The number of aliphatic hydroxyl groups excluding tert-OH is 1. The van der Waals surface area contributed by atoms with Gasteiger partial charge in [-0.05, 0) is 25.0 Å². The summed E-state index contributed by atoms with van der Waals surface area (Å²) in [5, 5.41) is 20.7. The third-order valence-corrected chi connectivity index (χ3v) is 3.14. The van der Waals surface area contributed by atoms with Gasteiger partial charge < -0.3 is 15.2 Å². The van der Waals surface area contributed by atoms with E-state index in [-0.39, 0.29) is 0 Å². The summed E-state index contributed by atoms with van der Waals surface area (Å²) in [7, 11) is 0. The highest BCUT2D eigenvalue weighted by Gasteiger charge is 2.16. The van der Waals surface area contributed by atoms with Crippen molar-refractivity contribution in [3.8, 4) is 0 Å². The molecule has 1 heterocycles. The van der Waals surface area contributed by atoms with Crippen LogP contribution in [0.2, 0.25) is 0 Å². The van der Waals surface area contributed by atoms with Crippen molar-refractivity contribution in [3.05, 3.63) is 24.0 Å². The minimum absolute atomic E-state index is 0.361. The Bertz CT molecular complexity index is 328. The normalized spacial score (nSPS) is 18.1. The third kappa shape index (κ3) is 4.68. The first-order valence-corrected chi connectivity index (χ1v) is 6.61. The fraction of sp³-hybridized carbons (Fsp3) is 0.692. The van der Waals surface area contributed by atoms with Crippen LogP contribution in [-0.4, -0.2) is 40.7 Å². The molecule has 1 fully saturated rings. The van der Waals surface area contributed by atoms with Crippen molar-refractivity contribution in [1.29, 1.82) is 0 Å². The lowest BCUT2D eigenvalue weighted by Gasteiger charge is -2.15. The molecular formula is C13H21N3O2. The number of ether oxygens (including phenoxy) is 1. The molecule has 1 atom stereocenters. The van der Waals surface area contributed by atoms with Gasteiger partial charge in [0.05, 0.1) is 24.5 Å². The largest absolute Gasteiger partial charge is 0.389 e. The minimum Gasteiger partial charge on any atom is -0.389 e. The van der Waals surface area contributed by atoms with Crippen molar-refractivity contribution in [2.24, 2.45) is 0 Å². The SMILES string of the molecule is OC(CNCc1cccnn1)COC1CCCC1. The van der Waals surface area contributed by atoms with Crippen LogP contribution in [0.15, 0.2) is 18.3 Å². The number of nitrogens with zero attached hydrogens (tertiary/aromatic N) is 2. The Labute approximate surface area is 108 Å². The summed E-state index contributed by atoms with van der Waals surface area (Å²) in [6.45, 7) is 1.55. The van der Waals surface area contributed by atoms with Crippen LogP contribution < -0.4 is 5.32 Å². The van der Waals surface area contributed by atoms with Gasteiger partial charge in [0.1, 0.15) is 0 Å². The van der Waals surface area contributed by atoms with Crippen molar-refractivity contribution in [2.45, 2.75) is 44.4 Å². The first kappa shape index (κ1) is 13.4. The van der Waals surface area contributed by atoms with Crippen LogP contribution in [0.3, 0.4) is 0 Å². The molecule has 5 nitrogen and oxygen atoms in total. The molecule has 5 heteroatoms. The second-order valence-electron chi connectivity index (χ2n) is 4.74. The number of aliphatic hydroxyl groups is 1. The molecule has 0 aromatic carbocycles. The predicted octanol–water partition coefficient (Wildman–Crippen LogP) is 0.886. The fourth-order valence-corrected chi connectivity index (χ4v) is 2.16. The maximum atomic E-state index is 9.76. The molecule has 1 aromatic heterocycles. The number of rotatable bonds is 7. The molecule has 0 saturated heterocycles. The average Bonchev–Trinajstić information content (AvgIpc) is 2.91. The van der Waals surface area contributed by atoms with Gasteiger partial charge >= 0.3 is 0 Å². The smallest absolute Gasteiger partial charge is 0.0897 e. The van der Waals surface area contributed by atoms with Crippen molar-refractivity contribution >= 4 is 0 Å². The summed E-state index contributed by atoms with van der Waals surface area (Å²) >= 11 is 0. The molecule has 0 bridgehead atoms. The van der Waals surface area contributed by atoms with Gasteiger partial charge in [0.25, 0.3) is 0 Å². The van der Waals surface area contributed by atoms with Crippen molar-refractivity contribution in [2.75, 3.05) is 13.2 Å². The molecule has 1 aliphatic rings. The van der Waals surface area contributed by atoms with Gasteiger partial charge in [-0.1, -0.05) is 12.8 Å². The highest BCUT2D eigenvalue weighted by Crippen LogP contribution is 2.20. The maximum Gasteiger partial charge on any atom is 0.0897 e. The summed E-state index contributed by atoms with van der Waals surface area (Å²) < 4.78 is 5.65. The maximum absolute atomic E-state index is 9.76. The summed E-state index contributed by atoms with van der Waals surface area (Å²) in [4.78, 5) is 0. The van der Waals surface area contributed by atoms with E-state index in [0.29, 0.717) is 25.8 Å². The predicted molar refractivity (Wildman–Crippen MR) is 68.0 cm³/mol. The monoisotopic (exact) mass is 251 g/mol. The molecule has 1 aliphatic carbocycles. The second kappa shape index (κ2) is 7.41. The van der Waals surface area contributed by atoms with Crippen molar-refractivity contribution in [1.82, 2.24) is 15.5 Å². The van der Waals surface area contributed by atoms with E-state index in [0.717, 1.165) is 18.5 Å². The second-order valence-corrected chi connectivity index (χ2v) is 4.74. The summed E-state index contributed by atoms with van der Waals surface area (Å²) in [6, 6.07) is 3.76. The van der Waals surface area contributed by atoms with Gasteiger partial charge in [-0.2, -0.15) is 10.2 Å². The first-order valence-electron chi connectivity index (χ1n) is 6.61. The Hall–Kier alpha value is -1.04. The third-order valence-electron chi connectivity index (χ3n) is 3.14. The zero-order chi connectivity index (χ0) is 12.6. The lowest BCUT2D eigenvalue weighted by Crippen LogP contribution is -2.31. The van der Waals surface area contributed by atoms with Gasteiger partial charge in [-0.15, -0.1) is 0 Å². The van der Waals surface area contributed by atoms with Crippen LogP contribution in [-0.2, 0) is 11.3 Å². The van der Waals surface area contributed by atoms with E-state index in [4.69, 9.17) is 4.74 Å². The summed E-state index contributed by atoms with van der Waals surface area (Å²) in [6.07, 6.45) is 6.34. The highest BCUT2D eigenvalue weighted by molar-refractivity contribution is 4.98. The minimum atomic E-state index is -0.456. The highest BCUT2D eigenvalue weighted by atomic mass is 16.5. The molecule has 2 rings (SSSR count). The van der Waals surface area contributed by atoms with Gasteiger partial charge in [-0.3, -0.25) is 0 Å². The molecule has 1 aromatic rings. The number of hydrogen-bond acceptors (Lipinski definition) is 5. The van der Waals surface area contributed by atoms with E-state index in [1.807, 2.05) is 12.1 Å². The Morgan fingerprint density at radius 1 is 1.44 bits per heavy atom. The molecule has 2 N–H and O–H groups in total. The average molecular weight is 251 g/mol. The molecule has 0 amide bonds. The number of nitrogens with one attached hydrogen (secondary N) is 1. The van der Waals surface area contributed by atoms with Crippen molar-refractivity contribution in [3.63, 3.8) is 0 Å². The molecule has 0 spiro atoms. The van der Waals surface area contributed by atoms with E-state index >= 15 is 0 Å². The zero-order valence-corrected chi connectivity index (χ0v) is 10.6.